The van der Waals surface area contributed by atoms with E-state index in [-0.39, 0.29) is 33.8 Å². The number of alkyl halides is 3. The standard InChI is InChI=1S/C11H5Cl2F3N4.H3N/c12-5-2-1-4(11(14,15)16)9(13)7(5)8-6(3-17)19-20-10(8)18;/h1-2H,(H3,18,19,20);1H3. The van der Waals surface area contributed by atoms with E-state index in [0.29, 0.717) is 0 Å². The van der Waals surface area contributed by atoms with Crippen LogP contribution in [0.15, 0.2) is 12.1 Å². The third kappa shape index (κ3) is 2.90. The highest BCUT2D eigenvalue weighted by atomic mass is 35.5. The lowest BCUT2D eigenvalue weighted by Gasteiger charge is -2.13. The number of H-pyrrole nitrogens is 1. The van der Waals surface area contributed by atoms with Gasteiger partial charge in [-0.05, 0) is 12.1 Å². The first-order valence-corrected chi connectivity index (χ1v) is 5.82. The molecule has 0 aliphatic heterocycles. The molecule has 10 heteroatoms. The monoisotopic (exact) mass is 337 g/mol. The Balaban J connectivity index is 0.00000220. The fourth-order valence-electron chi connectivity index (χ4n) is 1.69. The van der Waals surface area contributed by atoms with E-state index >= 15 is 0 Å². The number of nitrogens with one attached hydrogen (secondary N) is 1. The van der Waals surface area contributed by atoms with Crippen LogP contribution < -0.4 is 11.9 Å². The molecule has 2 aromatic rings. The number of nitriles is 1. The highest BCUT2D eigenvalue weighted by Crippen LogP contribution is 2.45. The lowest BCUT2D eigenvalue weighted by atomic mass is 10.0. The summed E-state index contributed by atoms with van der Waals surface area (Å²) in [4.78, 5) is 0. The van der Waals surface area contributed by atoms with Crippen LogP contribution in [0.25, 0.3) is 11.1 Å². The van der Waals surface area contributed by atoms with E-state index in [1.807, 2.05) is 0 Å². The summed E-state index contributed by atoms with van der Waals surface area (Å²) < 4.78 is 38.5. The molecule has 5 nitrogen and oxygen atoms in total. The molecule has 21 heavy (non-hydrogen) atoms. The molecule has 0 atom stereocenters. The number of halogens is 5. The Morgan fingerprint density at radius 3 is 2.38 bits per heavy atom. The van der Waals surface area contributed by atoms with Crippen molar-refractivity contribution in [2.75, 3.05) is 5.73 Å². The zero-order chi connectivity index (χ0) is 15.1. The average Bonchev–Trinajstić information content (AvgIpc) is 2.69. The summed E-state index contributed by atoms with van der Waals surface area (Å²) in [7, 11) is 0. The van der Waals surface area contributed by atoms with E-state index < -0.39 is 16.8 Å². The van der Waals surface area contributed by atoms with E-state index in [9.17, 15) is 13.2 Å². The Bertz CT molecular complexity index is 718. The molecule has 0 aliphatic carbocycles. The summed E-state index contributed by atoms with van der Waals surface area (Å²) in [5.74, 6) is -0.0929. The Morgan fingerprint density at radius 1 is 1.24 bits per heavy atom. The van der Waals surface area contributed by atoms with Crippen LogP contribution in [0.3, 0.4) is 0 Å². The molecule has 2 rings (SSSR count). The lowest BCUT2D eigenvalue weighted by molar-refractivity contribution is -0.137. The number of aromatic nitrogens is 2. The first-order chi connectivity index (χ1) is 9.27. The topological polar surface area (TPSA) is 113 Å². The molecule has 0 spiro atoms. The summed E-state index contributed by atoms with van der Waals surface area (Å²) in [6, 6.07) is 3.51. The van der Waals surface area contributed by atoms with Crippen LogP contribution in [0.1, 0.15) is 11.3 Å². The second-order valence-corrected chi connectivity index (χ2v) is 4.54. The molecular weight excluding hydrogens is 330 g/mol. The van der Waals surface area contributed by atoms with Crippen molar-refractivity contribution in [2.45, 2.75) is 6.18 Å². The van der Waals surface area contributed by atoms with Crippen molar-refractivity contribution >= 4 is 29.0 Å². The summed E-state index contributed by atoms with van der Waals surface area (Å²) >= 11 is 11.7. The van der Waals surface area contributed by atoms with Crippen molar-refractivity contribution in [1.29, 1.82) is 5.26 Å². The van der Waals surface area contributed by atoms with Crippen molar-refractivity contribution < 1.29 is 13.2 Å². The molecule has 0 amide bonds. The minimum atomic E-state index is -4.65. The number of nitrogens with zero attached hydrogens (tertiary/aromatic N) is 2. The molecular formula is C11H8Cl2F3N5. The van der Waals surface area contributed by atoms with Crippen LogP contribution in [-0.2, 0) is 6.18 Å². The van der Waals surface area contributed by atoms with Crippen LogP contribution in [0.4, 0.5) is 19.0 Å². The maximum Gasteiger partial charge on any atom is 0.417 e. The van der Waals surface area contributed by atoms with Crippen LogP contribution in [-0.4, -0.2) is 10.2 Å². The number of nitrogen functional groups attached to an aromatic ring is 1. The van der Waals surface area contributed by atoms with Crippen LogP contribution in [0, 0.1) is 11.3 Å². The third-order valence-electron chi connectivity index (χ3n) is 2.55. The fraction of sp³-hybridized carbons (Fsp3) is 0.0909. The van der Waals surface area contributed by atoms with Gasteiger partial charge >= 0.3 is 6.18 Å². The summed E-state index contributed by atoms with van der Waals surface area (Å²) in [6.07, 6.45) is -4.65. The molecule has 112 valence electrons. The van der Waals surface area contributed by atoms with Gasteiger partial charge in [-0.3, -0.25) is 5.10 Å². The molecule has 1 aromatic heterocycles. The number of benzene rings is 1. The van der Waals surface area contributed by atoms with Gasteiger partial charge in [0, 0.05) is 5.56 Å². The van der Waals surface area contributed by atoms with Gasteiger partial charge in [-0.15, -0.1) is 0 Å². The van der Waals surface area contributed by atoms with Gasteiger partial charge in [0.05, 0.1) is 21.2 Å². The molecule has 0 saturated carbocycles. The van der Waals surface area contributed by atoms with Crippen LogP contribution in [0.5, 0.6) is 0 Å². The average molecular weight is 338 g/mol. The SMILES string of the molecule is N.N#Cc1n[nH]c(N)c1-c1c(Cl)ccc(C(F)(F)F)c1Cl. The minimum absolute atomic E-state index is 0. The molecule has 0 fully saturated rings. The Labute approximate surface area is 127 Å². The lowest BCUT2D eigenvalue weighted by Crippen LogP contribution is -2.07. The molecule has 0 saturated heterocycles. The highest BCUT2D eigenvalue weighted by molar-refractivity contribution is 6.40. The molecule has 0 radical (unpaired) electrons. The molecule has 1 aromatic carbocycles. The van der Waals surface area contributed by atoms with E-state index in [1.54, 1.807) is 6.07 Å². The van der Waals surface area contributed by atoms with Crippen molar-refractivity contribution in [3.05, 3.63) is 33.4 Å². The number of hydrogen-bond acceptors (Lipinski definition) is 4. The van der Waals surface area contributed by atoms with Gasteiger partial charge in [0.15, 0.2) is 5.69 Å². The molecule has 0 aliphatic rings. The largest absolute Gasteiger partial charge is 0.417 e. The molecule has 6 N–H and O–H groups in total. The van der Waals surface area contributed by atoms with E-state index in [2.05, 4.69) is 10.2 Å². The predicted molar refractivity (Wildman–Crippen MR) is 73.2 cm³/mol. The number of rotatable bonds is 1. The van der Waals surface area contributed by atoms with Crippen LogP contribution in [0.2, 0.25) is 10.0 Å². The first-order valence-electron chi connectivity index (χ1n) is 5.07. The van der Waals surface area contributed by atoms with Gasteiger partial charge in [0.2, 0.25) is 0 Å². The van der Waals surface area contributed by atoms with Crippen molar-refractivity contribution in [3.63, 3.8) is 0 Å². The van der Waals surface area contributed by atoms with Gasteiger partial charge in [-0.25, -0.2) is 0 Å². The number of nitrogens with two attached hydrogens (primary N) is 1. The van der Waals surface area contributed by atoms with E-state index in [4.69, 9.17) is 34.2 Å². The number of aromatic amines is 1. The van der Waals surface area contributed by atoms with E-state index in [1.165, 1.54) is 0 Å². The second kappa shape index (κ2) is 5.81. The molecule has 1 heterocycles. The van der Waals surface area contributed by atoms with Gasteiger partial charge < -0.3 is 11.9 Å². The number of anilines is 1. The Hall–Kier alpha value is -1.95. The van der Waals surface area contributed by atoms with E-state index in [0.717, 1.165) is 12.1 Å². The number of hydrogen-bond donors (Lipinski definition) is 3. The summed E-state index contributed by atoms with van der Waals surface area (Å²) in [5, 5.41) is 14.1. The Morgan fingerprint density at radius 2 is 1.86 bits per heavy atom. The second-order valence-electron chi connectivity index (χ2n) is 3.75. The van der Waals surface area contributed by atoms with Gasteiger partial charge in [-0.1, -0.05) is 23.2 Å². The summed E-state index contributed by atoms with van der Waals surface area (Å²) in [6.45, 7) is 0. The smallest absolute Gasteiger partial charge is 0.384 e. The minimum Gasteiger partial charge on any atom is -0.384 e. The van der Waals surface area contributed by atoms with Crippen molar-refractivity contribution in [2.24, 2.45) is 0 Å². The fourth-order valence-corrected chi connectivity index (χ4v) is 2.36. The van der Waals surface area contributed by atoms with Crippen LogP contribution >= 0.6 is 23.2 Å². The van der Waals surface area contributed by atoms with Crippen molar-refractivity contribution in [1.82, 2.24) is 16.3 Å². The Kier molecular flexibility index (Phi) is 4.73. The normalized spacial score (nSPS) is 10.9. The van der Waals surface area contributed by atoms with Gasteiger partial charge in [0.25, 0.3) is 0 Å². The third-order valence-corrected chi connectivity index (χ3v) is 3.25. The maximum atomic E-state index is 12.8. The summed E-state index contributed by atoms with van der Waals surface area (Å²) in [5.41, 5.74) is 4.10. The quantitative estimate of drug-likeness (QED) is 0.728. The van der Waals surface area contributed by atoms with Gasteiger partial charge in [0.1, 0.15) is 11.9 Å². The van der Waals surface area contributed by atoms with Gasteiger partial charge in [-0.2, -0.15) is 23.5 Å². The van der Waals surface area contributed by atoms with Crippen molar-refractivity contribution in [3.8, 4) is 17.2 Å². The highest BCUT2D eigenvalue weighted by Gasteiger charge is 2.35. The zero-order valence-electron chi connectivity index (χ0n) is 10.2. The molecule has 0 bridgehead atoms. The molecule has 0 unspecified atom stereocenters. The first kappa shape index (κ1) is 17.1. The maximum absolute atomic E-state index is 12.8. The predicted octanol–water partition coefficient (Wildman–Crippen LogP) is 4.02. The zero-order valence-corrected chi connectivity index (χ0v) is 11.7.